The van der Waals surface area contributed by atoms with E-state index >= 15 is 0 Å². The van der Waals surface area contributed by atoms with Crippen molar-refractivity contribution in [2.75, 3.05) is 13.2 Å². The van der Waals surface area contributed by atoms with E-state index in [4.69, 9.17) is 10.2 Å². The number of rotatable bonds is 9. The van der Waals surface area contributed by atoms with E-state index in [0.717, 1.165) is 0 Å². The molecule has 0 aliphatic rings. The van der Waals surface area contributed by atoms with Gasteiger partial charge in [0.2, 0.25) is 0 Å². The van der Waals surface area contributed by atoms with Gasteiger partial charge in [0.25, 0.3) is 0 Å². The number of ketones is 1. The number of hydrogen-bond acceptors (Lipinski definition) is 12. The van der Waals surface area contributed by atoms with Crippen molar-refractivity contribution in [1.29, 1.82) is 0 Å². The molecule has 0 saturated heterocycles. The number of carbonyl (C=O) groups excluding carboxylic acids is 1. The van der Waals surface area contributed by atoms with Crippen LogP contribution in [0.3, 0.4) is 0 Å². The summed E-state index contributed by atoms with van der Waals surface area (Å²) in [5.41, 5.74) is 0. The Morgan fingerprint density at radius 1 is 1.00 bits per heavy atom. The van der Waals surface area contributed by atoms with E-state index in [1.54, 1.807) is 0 Å². The second kappa shape index (κ2) is 9.42. The number of Topliss-reactive ketones (excluding diaryl/α,β-unsaturated/α-hetero) is 1. The van der Waals surface area contributed by atoms with Gasteiger partial charge in [0.15, 0.2) is 5.78 Å². The molecule has 0 aromatic rings. The summed E-state index contributed by atoms with van der Waals surface area (Å²) in [7, 11) is -10.9. The van der Waals surface area contributed by atoms with E-state index in [1.165, 1.54) is 0 Å². The summed E-state index contributed by atoms with van der Waals surface area (Å²) < 4.78 is 27.3. The molecule has 0 spiro atoms. The Labute approximate surface area is 128 Å². The van der Waals surface area contributed by atoms with Crippen molar-refractivity contribution >= 4 is 21.4 Å². The molecule has 0 aromatic carbocycles. The SMILES string of the molecule is O=C(COP(=O)([O-])[O-])C(O)C(O)C(O)COP(=O)([O-])[O-].[Co+4]. The predicted octanol–water partition coefficient (Wildman–Crippen LogP) is -5.67. The van der Waals surface area contributed by atoms with Crippen molar-refractivity contribution in [3.8, 4) is 0 Å². The van der Waals surface area contributed by atoms with E-state index in [0.29, 0.717) is 0 Å². The normalized spacial score (nSPS) is 16.7. The van der Waals surface area contributed by atoms with Gasteiger partial charge < -0.3 is 53.1 Å². The average molecular weight is 395 g/mol. The van der Waals surface area contributed by atoms with Crippen molar-refractivity contribution in [2.45, 2.75) is 18.3 Å². The quantitative estimate of drug-likeness (QED) is 0.311. The van der Waals surface area contributed by atoms with Crippen LogP contribution in [0.1, 0.15) is 0 Å². The fourth-order valence-electron chi connectivity index (χ4n) is 0.895. The fraction of sp³-hybridized carbons (Fsp3) is 0.833. The number of phosphoric acid groups is 2. The van der Waals surface area contributed by atoms with Crippen molar-refractivity contribution < 1.29 is 74.6 Å². The van der Waals surface area contributed by atoms with Crippen molar-refractivity contribution in [1.82, 2.24) is 0 Å². The van der Waals surface area contributed by atoms with Gasteiger partial charge >= 0.3 is 16.8 Å². The zero-order chi connectivity index (χ0) is 16.1. The Balaban J connectivity index is 0. The molecule has 21 heavy (non-hydrogen) atoms. The van der Waals surface area contributed by atoms with Crippen LogP contribution in [-0.4, -0.2) is 52.6 Å². The van der Waals surface area contributed by atoms with Gasteiger partial charge in [-0.15, -0.1) is 0 Å². The minimum atomic E-state index is -5.47. The zero-order valence-corrected chi connectivity index (χ0v) is 12.7. The molecule has 0 amide bonds. The minimum Gasteiger partial charge on any atom is -0.790 e. The summed E-state index contributed by atoms with van der Waals surface area (Å²) in [5, 5.41) is 27.5. The first-order chi connectivity index (χ1) is 8.83. The fourth-order valence-corrected chi connectivity index (χ4v) is 1.52. The molecule has 0 bridgehead atoms. The van der Waals surface area contributed by atoms with Crippen molar-refractivity contribution in [3.63, 3.8) is 0 Å². The summed E-state index contributed by atoms with van der Waals surface area (Å²) in [4.78, 5) is 51.4. The van der Waals surface area contributed by atoms with Gasteiger partial charge in [0.1, 0.15) is 24.9 Å². The molecular formula is C6H10CoO12P2. The monoisotopic (exact) mass is 395 g/mol. The number of aliphatic hydroxyl groups is 3. The van der Waals surface area contributed by atoms with E-state index in [2.05, 4.69) is 9.05 Å². The van der Waals surface area contributed by atoms with Gasteiger partial charge in [0, 0.05) is 0 Å². The van der Waals surface area contributed by atoms with Crippen LogP contribution in [0, 0.1) is 0 Å². The van der Waals surface area contributed by atoms with Gasteiger partial charge in [0.05, 0.1) is 22.3 Å². The Morgan fingerprint density at radius 2 is 1.43 bits per heavy atom. The number of aliphatic hydroxyl groups excluding tert-OH is 3. The molecule has 125 valence electrons. The molecule has 0 aromatic heterocycles. The van der Waals surface area contributed by atoms with Crippen molar-refractivity contribution in [2.24, 2.45) is 0 Å². The number of hydrogen-bond donors (Lipinski definition) is 3. The summed E-state index contributed by atoms with van der Waals surface area (Å²) in [6, 6.07) is 0. The van der Waals surface area contributed by atoms with Crippen LogP contribution in [0.15, 0.2) is 0 Å². The van der Waals surface area contributed by atoms with Crippen molar-refractivity contribution in [3.05, 3.63) is 0 Å². The maximum absolute atomic E-state index is 11.1. The van der Waals surface area contributed by atoms with Crippen LogP contribution in [0.5, 0.6) is 0 Å². The average Bonchev–Trinajstić information content (AvgIpc) is 2.29. The Bertz CT molecular complexity index is 416. The van der Waals surface area contributed by atoms with Gasteiger partial charge in [-0.3, -0.25) is 4.79 Å². The molecule has 3 atom stereocenters. The molecule has 0 saturated carbocycles. The van der Waals surface area contributed by atoms with E-state index in [9.17, 15) is 38.6 Å². The zero-order valence-electron chi connectivity index (χ0n) is 9.89. The Morgan fingerprint density at radius 3 is 1.81 bits per heavy atom. The molecule has 0 aliphatic heterocycles. The van der Waals surface area contributed by atoms with Crippen LogP contribution in [0.4, 0.5) is 0 Å². The topological polar surface area (TPSA) is 223 Å². The molecular weight excluding hydrogens is 385 g/mol. The molecule has 12 nitrogen and oxygen atoms in total. The molecule has 3 N–H and O–H groups in total. The van der Waals surface area contributed by atoms with Crippen LogP contribution >= 0.6 is 15.6 Å². The van der Waals surface area contributed by atoms with E-state index in [-0.39, 0.29) is 16.8 Å². The molecule has 1 radical (unpaired) electrons. The Kier molecular flexibility index (Phi) is 10.6. The minimum absolute atomic E-state index is 0. The smallest absolute Gasteiger partial charge is 0.790 e. The Hall–Kier alpha value is 0.276. The van der Waals surface area contributed by atoms with Crippen LogP contribution < -0.4 is 19.6 Å². The predicted molar refractivity (Wildman–Crippen MR) is 50.1 cm³/mol. The van der Waals surface area contributed by atoms with Gasteiger partial charge in [-0.25, -0.2) is 0 Å². The largest absolute Gasteiger partial charge is 4.00 e. The third kappa shape index (κ3) is 11.5. The molecule has 15 heteroatoms. The first-order valence-electron chi connectivity index (χ1n) is 4.73. The molecule has 0 rings (SSSR count). The van der Waals surface area contributed by atoms with Gasteiger partial charge in [-0.1, -0.05) is 0 Å². The molecule has 0 fully saturated rings. The van der Waals surface area contributed by atoms with E-state index < -0.39 is 53.0 Å². The number of carbonyl (C=O) groups is 1. The van der Waals surface area contributed by atoms with Gasteiger partial charge in [-0.05, 0) is 0 Å². The van der Waals surface area contributed by atoms with Gasteiger partial charge in [-0.2, -0.15) is 0 Å². The number of phosphoric ester groups is 2. The summed E-state index contributed by atoms with van der Waals surface area (Å²) in [5.74, 6) is -1.48. The second-order valence-corrected chi connectivity index (χ2v) is 5.74. The first kappa shape index (κ1) is 23.5. The maximum Gasteiger partial charge on any atom is 4.00 e. The van der Waals surface area contributed by atoms with Crippen LogP contribution in [0.25, 0.3) is 0 Å². The molecule has 0 heterocycles. The molecule has 0 aliphatic carbocycles. The van der Waals surface area contributed by atoms with Crippen LogP contribution in [0.2, 0.25) is 0 Å². The standard InChI is InChI=1S/C6H14O12P2.Co/c7-3(1-17-19(11,12)13)5(9)6(10)4(8)2-18-20(14,15)16;/h3,5-7,9-10H,1-2H2,(H2,11,12,13)(H2,14,15,16);/q;+4/p-4. The third-order valence-electron chi connectivity index (χ3n) is 1.82. The second-order valence-electron chi connectivity index (χ2n) is 3.43. The first-order valence-corrected chi connectivity index (χ1v) is 7.65. The van der Waals surface area contributed by atoms with E-state index in [1.807, 2.05) is 0 Å². The molecule has 3 unspecified atom stereocenters. The third-order valence-corrected chi connectivity index (χ3v) is 2.73. The summed E-state index contributed by atoms with van der Waals surface area (Å²) >= 11 is 0. The summed E-state index contributed by atoms with van der Waals surface area (Å²) in [6.07, 6.45) is -6.83. The summed E-state index contributed by atoms with van der Waals surface area (Å²) in [6.45, 7) is -2.63. The maximum atomic E-state index is 11.1. The van der Waals surface area contributed by atoms with Crippen LogP contribution in [-0.2, 0) is 39.8 Å².